The van der Waals surface area contributed by atoms with Gasteiger partial charge in [-0.15, -0.1) is 0 Å². The van der Waals surface area contributed by atoms with Gasteiger partial charge in [-0.1, -0.05) is 109 Å². The number of rotatable bonds is 9. The number of nitrogens with zero attached hydrogens (tertiary/aromatic N) is 3. The maximum absolute atomic E-state index is 6.14. The van der Waals surface area contributed by atoms with Gasteiger partial charge < -0.3 is 4.74 Å². The fraction of sp³-hybridized carbons (Fsp3) is 0.139. The maximum Gasteiger partial charge on any atom is 0.120 e. The third-order valence-corrected chi connectivity index (χ3v) is 7.41. The van der Waals surface area contributed by atoms with Crippen LogP contribution in [0.1, 0.15) is 29.7 Å². The van der Waals surface area contributed by atoms with Crippen LogP contribution in [-0.2, 0) is 13.0 Å². The monoisotopic (exact) mass is 521 g/mol. The molecule has 2 heterocycles. The van der Waals surface area contributed by atoms with E-state index in [2.05, 4.69) is 67.6 Å². The van der Waals surface area contributed by atoms with E-state index in [0.29, 0.717) is 6.61 Å². The van der Waals surface area contributed by atoms with E-state index in [-0.39, 0.29) is 5.92 Å². The van der Waals surface area contributed by atoms with Crippen molar-refractivity contribution in [2.24, 2.45) is 4.99 Å². The fourth-order valence-electron chi connectivity index (χ4n) is 5.22. The molecule has 0 saturated carbocycles. The number of allylic oxidation sites excluding steroid dienone is 1. The van der Waals surface area contributed by atoms with Crippen LogP contribution in [0.3, 0.4) is 0 Å². The second-order valence-corrected chi connectivity index (χ2v) is 10.3. The lowest BCUT2D eigenvalue weighted by molar-refractivity contribution is 0.305. The molecule has 196 valence electrons. The van der Waals surface area contributed by atoms with E-state index in [0.717, 1.165) is 45.9 Å². The Morgan fingerprint density at radius 1 is 0.725 bits per heavy atom. The molecule has 0 amide bonds. The molecule has 0 saturated heterocycles. The molecule has 0 bridgehead atoms. The van der Waals surface area contributed by atoms with Crippen LogP contribution in [0.4, 0.5) is 0 Å². The lowest BCUT2D eigenvalue weighted by Crippen LogP contribution is -2.30. The average molecular weight is 522 g/mol. The smallest absolute Gasteiger partial charge is 0.120 e. The molecule has 2 unspecified atom stereocenters. The first-order chi connectivity index (χ1) is 19.7. The Labute approximate surface area is 235 Å². The van der Waals surface area contributed by atoms with Gasteiger partial charge in [-0.05, 0) is 42.7 Å². The van der Waals surface area contributed by atoms with E-state index in [4.69, 9.17) is 19.7 Å². The molecular weight excluding hydrogens is 490 g/mol. The summed E-state index contributed by atoms with van der Waals surface area (Å²) in [5.74, 6) is 0.831. The van der Waals surface area contributed by atoms with Crippen LogP contribution < -0.4 is 4.74 Å². The van der Waals surface area contributed by atoms with Crippen molar-refractivity contribution in [1.29, 1.82) is 0 Å². The SMILES string of the molecule is CC1(C(Cc2cccc(OCc3ccccc3)c2)c2cnc(-c3ccccc3)c(-c3ccccc3)n2)C=CC=N1. The molecule has 4 nitrogen and oxygen atoms in total. The van der Waals surface area contributed by atoms with Gasteiger partial charge in [-0.25, -0.2) is 4.98 Å². The molecule has 4 heteroatoms. The Balaban J connectivity index is 1.36. The van der Waals surface area contributed by atoms with Gasteiger partial charge in [0, 0.05) is 29.5 Å². The summed E-state index contributed by atoms with van der Waals surface area (Å²) in [5, 5.41) is 0. The van der Waals surface area contributed by atoms with E-state index in [1.165, 1.54) is 5.56 Å². The standard InChI is InChI=1S/C36H31N3O/c1-36(21-12-22-38-36)32(24-28-15-11-20-31(23-28)40-26-27-13-5-2-6-14-27)33-25-37-34(29-16-7-3-8-17-29)35(39-33)30-18-9-4-10-19-30/h2-23,25,32H,24,26H2,1H3. The molecule has 6 rings (SSSR count). The Morgan fingerprint density at radius 3 is 2.05 bits per heavy atom. The van der Waals surface area contributed by atoms with E-state index < -0.39 is 5.54 Å². The highest BCUT2D eigenvalue weighted by Crippen LogP contribution is 2.39. The van der Waals surface area contributed by atoms with Crippen molar-refractivity contribution < 1.29 is 4.74 Å². The van der Waals surface area contributed by atoms with Gasteiger partial charge in [0.1, 0.15) is 12.4 Å². The predicted octanol–water partition coefficient (Wildman–Crippen LogP) is 8.12. The van der Waals surface area contributed by atoms with Gasteiger partial charge in [0.2, 0.25) is 0 Å². The van der Waals surface area contributed by atoms with Crippen molar-refractivity contribution in [3.05, 3.63) is 150 Å². The Hall–Kier alpha value is -4.83. The molecule has 0 spiro atoms. The summed E-state index contributed by atoms with van der Waals surface area (Å²) in [6.07, 6.45) is 8.76. The molecule has 0 aliphatic carbocycles. The molecule has 1 aliphatic heterocycles. The first-order valence-corrected chi connectivity index (χ1v) is 13.6. The maximum atomic E-state index is 6.14. The highest BCUT2D eigenvalue weighted by molar-refractivity contribution is 5.78. The first kappa shape index (κ1) is 25.4. The molecule has 1 aromatic heterocycles. The quantitative estimate of drug-likeness (QED) is 0.197. The number of aromatic nitrogens is 2. The van der Waals surface area contributed by atoms with Crippen molar-refractivity contribution in [2.75, 3.05) is 0 Å². The van der Waals surface area contributed by atoms with Crippen molar-refractivity contribution in [3.63, 3.8) is 0 Å². The van der Waals surface area contributed by atoms with Crippen LogP contribution in [0.15, 0.2) is 139 Å². The van der Waals surface area contributed by atoms with Crippen molar-refractivity contribution in [3.8, 4) is 28.3 Å². The van der Waals surface area contributed by atoms with Crippen molar-refractivity contribution in [2.45, 2.75) is 31.4 Å². The number of hydrogen-bond acceptors (Lipinski definition) is 4. The molecule has 1 aliphatic rings. The molecular formula is C36H31N3O. The van der Waals surface area contributed by atoms with Crippen LogP contribution >= 0.6 is 0 Å². The molecule has 0 N–H and O–H groups in total. The number of ether oxygens (including phenoxy) is 1. The van der Waals surface area contributed by atoms with Crippen LogP contribution in [0.5, 0.6) is 5.75 Å². The second-order valence-electron chi connectivity index (χ2n) is 10.3. The van der Waals surface area contributed by atoms with Crippen molar-refractivity contribution >= 4 is 6.21 Å². The zero-order valence-electron chi connectivity index (χ0n) is 22.5. The Bertz CT molecular complexity index is 1620. The summed E-state index contributed by atoms with van der Waals surface area (Å²) < 4.78 is 6.14. The van der Waals surface area contributed by atoms with Gasteiger partial charge >= 0.3 is 0 Å². The summed E-state index contributed by atoms with van der Waals surface area (Å²) in [4.78, 5) is 15.2. The highest BCUT2D eigenvalue weighted by Gasteiger charge is 2.36. The van der Waals surface area contributed by atoms with Gasteiger partial charge in [0.15, 0.2) is 0 Å². The largest absolute Gasteiger partial charge is 0.489 e. The topological polar surface area (TPSA) is 47.4 Å². The minimum Gasteiger partial charge on any atom is -0.489 e. The summed E-state index contributed by atoms with van der Waals surface area (Å²) in [6, 6.07) is 39.1. The van der Waals surface area contributed by atoms with Crippen molar-refractivity contribution in [1.82, 2.24) is 9.97 Å². The minimum atomic E-state index is -0.433. The van der Waals surface area contributed by atoms with Crippen LogP contribution in [0.2, 0.25) is 0 Å². The van der Waals surface area contributed by atoms with E-state index in [1.807, 2.05) is 79.2 Å². The molecule has 5 aromatic rings. The van der Waals surface area contributed by atoms with E-state index >= 15 is 0 Å². The molecule has 4 aromatic carbocycles. The molecule has 0 fully saturated rings. The summed E-state index contributed by atoms with van der Waals surface area (Å²) >= 11 is 0. The highest BCUT2D eigenvalue weighted by atomic mass is 16.5. The molecule has 40 heavy (non-hydrogen) atoms. The third-order valence-electron chi connectivity index (χ3n) is 7.41. The van der Waals surface area contributed by atoms with Crippen LogP contribution in [0.25, 0.3) is 22.5 Å². The lowest BCUT2D eigenvalue weighted by Gasteiger charge is -2.30. The van der Waals surface area contributed by atoms with Gasteiger partial charge in [-0.2, -0.15) is 0 Å². The van der Waals surface area contributed by atoms with Gasteiger partial charge in [0.25, 0.3) is 0 Å². The van der Waals surface area contributed by atoms with Gasteiger partial charge in [0.05, 0.1) is 22.6 Å². The van der Waals surface area contributed by atoms with Crippen LogP contribution in [0, 0.1) is 0 Å². The van der Waals surface area contributed by atoms with E-state index in [1.54, 1.807) is 0 Å². The van der Waals surface area contributed by atoms with Crippen LogP contribution in [-0.4, -0.2) is 21.7 Å². The second kappa shape index (κ2) is 11.5. The number of benzene rings is 4. The zero-order chi connectivity index (χ0) is 27.2. The lowest BCUT2D eigenvalue weighted by atomic mass is 9.80. The fourth-order valence-corrected chi connectivity index (χ4v) is 5.22. The number of aliphatic imine (C=N–C) groups is 1. The average Bonchev–Trinajstić information content (AvgIpc) is 3.47. The zero-order valence-corrected chi connectivity index (χ0v) is 22.5. The molecule has 2 atom stereocenters. The summed E-state index contributed by atoms with van der Waals surface area (Å²) in [6.45, 7) is 2.70. The summed E-state index contributed by atoms with van der Waals surface area (Å²) in [5.41, 5.74) is 6.64. The Kier molecular flexibility index (Phi) is 7.32. The van der Waals surface area contributed by atoms with Gasteiger partial charge in [-0.3, -0.25) is 9.98 Å². The Morgan fingerprint density at radius 2 is 1.38 bits per heavy atom. The number of hydrogen-bond donors (Lipinski definition) is 0. The molecule has 0 radical (unpaired) electrons. The summed E-state index contributed by atoms with van der Waals surface area (Å²) in [7, 11) is 0. The third kappa shape index (κ3) is 5.62. The van der Waals surface area contributed by atoms with E-state index in [9.17, 15) is 0 Å². The normalized spacial score (nSPS) is 16.6. The predicted molar refractivity (Wildman–Crippen MR) is 163 cm³/mol. The first-order valence-electron chi connectivity index (χ1n) is 13.6. The minimum absolute atomic E-state index is 0.0216.